The third-order valence-corrected chi connectivity index (χ3v) is 3.83. The van der Waals surface area contributed by atoms with Crippen LogP contribution in [0.15, 0.2) is 16.7 Å². The van der Waals surface area contributed by atoms with Gasteiger partial charge in [0.15, 0.2) is 5.22 Å². The third-order valence-electron chi connectivity index (χ3n) is 3.03. The first-order valence-corrected chi connectivity index (χ1v) is 6.38. The Hall–Kier alpha value is -0.970. The highest BCUT2D eigenvalue weighted by molar-refractivity contribution is 6.32. The minimum absolute atomic E-state index is 0.0450. The minimum atomic E-state index is 0.0450. The maximum atomic E-state index is 6.25. The second-order valence-electron chi connectivity index (χ2n) is 4.16. The molecule has 0 amide bonds. The molecule has 0 spiro atoms. The molecule has 1 unspecified atom stereocenters. The van der Waals surface area contributed by atoms with Crippen LogP contribution in [0.25, 0.3) is 0 Å². The molecule has 0 saturated carbocycles. The van der Waals surface area contributed by atoms with E-state index in [0.717, 1.165) is 17.0 Å². The summed E-state index contributed by atoms with van der Waals surface area (Å²) >= 11 is 12.3. The van der Waals surface area contributed by atoms with Gasteiger partial charge >= 0.3 is 0 Å². The van der Waals surface area contributed by atoms with Gasteiger partial charge in [-0.25, -0.2) is 0 Å². The summed E-state index contributed by atoms with van der Waals surface area (Å²) in [6.45, 7) is 1.89. The summed E-state index contributed by atoms with van der Waals surface area (Å²) in [4.78, 5) is 0. The molecule has 2 aromatic rings. The number of rotatable bonds is 4. The topological polar surface area (TPSA) is 43.0 Å². The normalized spacial score (nSPS) is 12.9. The van der Waals surface area contributed by atoms with E-state index in [0.29, 0.717) is 16.7 Å². The predicted molar refractivity (Wildman–Crippen MR) is 72.2 cm³/mol. The number of nitrogens with one attached hydrogen (secondary N) is 1. The summed E-state index contributed by atoms with van der Waals surface area (Å²) in [6, 6.07) is 1.91. The van der Waals surface area contributed by atoms with Gasteiger partial charge in [0.25, 0.3) is 0 Å². The maximum Gasteiger partial charge on any atom is 0.197 e. The molecule has 0 fully saturated rings. The fourth-order valence-corrected chi connectivity index (χ4v) is 2.50. The lowest BCUT2D eigenvalue weighted by Crippen LogP contribution is -2.20. The largest absolute Gasteiger partial charge is 0.453 e. The average molecular weight is 288 g/mol. The lowest BCUT2D eigenvalue weighted by Gasteiger charge is -2.15. The van der Waals surface area contributed by atoms with E-state index < -0.39 is 0 Å². The standard InChI is InChI=1S/C12H15Cl2N3O/c1-7-11(13)10(17(3)16-7)6-9(15-2)8-4-5-18-12(8)14/h4-5,9,15H,6H2,1-3H3. The van der Waals surface area contributed by atoms with Crippen molar-refractivity contribution in [3.05, 3.63) is 39.5 Å². The molecule has 1 atom stereocenters. The SMILES string of the molecule is CNC(Cc1c(Cl)c(C)nn1C)c1ccoc1Cl. The summed E-state index contributed by atoms with van der Waals surface area (Å²) in [6.07, 6.45) is 2.28. The van der Waals surface area contributed by atoms with E-state index in [4.69, 9.17) is 27.6 Å². The molecular weight excluding hydrogens is 273 g/mol. The average Bonchev–Trinajstić information content (AvgIpc) is 2.84. The van der Waals surface area contributed by atoms with Crippen LogP contribution < -0.4 is 5.32 Å². The summed E-state index contributed by atoms with van der Waals surface area (Å²) in [7, 11) is 3.77. The minimum Gasteiger partial charge on any atom is -0.453 e. The molecule has 18 heavy (non-hydrogen) atoms. The number of aryl methyl sites for hydroxylation is 2. The van der Waals surface area contributed by atoms with Crippen LogP contribution in [0.1, 0.15) is 23.0 Å². The van der Waals surface area contributed by atoms with E-state index in [1.807, 2.05) is 27.1 Å². The van der Waals surface area contributed by atoms with Crippen molar-refractivity contribution in [2.24, 2.45) is 7.05 Å². The number of aromatic nitrogens is 2. The van der Waals surface area contributed by atoms with Crippen LogP contribution in [0.5, 0.6) is 0 Å². The van der Waals surface area contributed by atoms with Crippen molar-refractivity contribution < 1.29 is 4.42 Å². The molecule has 98 valence electrons. The Morgan fingerprint density at radius 2 is 2.22 bits per heavy atom. The van der Waals surface area contributed by atoms with E-state index in [1.165, 1.54) is 0 Å². The molecule has 0 saturated heterocycles. The van der Waals surface area contributed by atoms with Crippen LogP contribution in [0.2, 0.25) is 10.2 Å². The molecular formula is C12H15Cl2N3O. The smallest absolute Gasteiger partial charge is 0.197 e. The second kappa shape index (κ2) is 5.34. The first kappa shape index (κ1) is 13.5. The van der Waals surface area contributed by atoms with Crippen molar-refractivity contribution in [3.8, 4) is 0 Å². The van der Waals surface area contributed by atoms with Crippen LogP contribution in [0.4, 0.5) is 0 Å². The maximum absolute atomic E-state index is 6.25. The zero-order chi connectivity index (χ0) is 13.3. The highest BCUT2D eigenvalue weighted by Crippen LogP contribution is 2.29. The highest BCUT2D eigenvalue weighted by atomic mass is 35.5. The van der Waals surface area contributed by atoms with Crippen molar-refractivity contribution >= 4 is 23.2 Å². The van der Waals surface area contributed by atoms with E-state index in [9.17, 15) is 0 Å². The van der Waals surface area contributed by atoms with Crippen molar-refractivity contribution in [1.82, 2.24) is 15.1 Å². The van der Waals surface area contributed by atoms with Crippen LogP contribution in [0, 0.1) is 6.92 Å². The van der Waals surface area contributed by atoms with E-state index in [2.05, 4.69) is 10.4 Å². The van der Waals surface area contributed by atoms with Crippen molar-refractivity contribution in [2.75, 3.05) is 7.05 Å². The summed E-state index contributed by atoms with van der Waals surface area (Å²) < 4.78 is 6.92. The summed E-state index contributed by atoms with van der Waals surface area (Å²) in [5, 5.41) is 8.63. The Bertz CT molecular complexity index is 548. The van der Waals surface area contributed by atoms with Gasteiger partial charge in [-0.05, 0) is 31.6 Å². The quantitative estimate of drug-likeness (QED) is 0.940. The molecule has 2 heterocycles. The number of nitrogens with zero attached hydrogens (tertiary/aromatic N) is 2. The summed E-state index contributed by atoms with van der Waals surface area (Å²) in [5.41, 5.74) is 2.74. The molecule has 0 radical (unpaired) electrons. The third kappa shape index (κ3) is 2.41. The van der Waals surface area contributed by atoms with Crippen molar-refractivity contribution in [2.45, 2.75) is 19.4 Å². The van der Waals surface area contributed by atoms with Crippen LogP contribution in [-0.4, -0.2) is 16.8 Å². The molecule has 2 rings (SSSR count). The zero-order valence-electron chi connectivity index (χ0n) is 10.5. The number of furan rings is 1. The van der Waals surface area contributed by atoms with Gasteiger partial charge in [-0.2, -0.15) is 5.10 Å². The number of hydrogen-bond donors (Lipinski definition) is 1. The van der Waals surface area contributed by atoms with Gasteiger partial charge in [0, 0.05) is 25.1 Å². The van der Waals surface area contributed by atoms with E-state index in [1.54, 1.807) is 10.9 Å². The van der Waals surface area contributed by atoms with Gasteiger partial charge in [-0.3, -0.25) is 4.68 Å². The van der Waals surface area contributed by atoms with Crippen LogP contribution >= 0.6 is 23.2 Å². The molecule has 0 bridgehead atoms. The van der Waals surface area contributed by atoms with Gasteiger partial charge in [-0.15, -0.1) is 0 Å². The first-order valence-electron chi connectivity index (χ1n) is 5.62. The molecule has 0 aliphatic heterocycles. The predicted octanol–water partition coefficient (Wildman–Crippen LogP) is 3.13. The van der Waals surface area contributed by atoms with Gasteiger partial charge in [0.2, 0.25) is 0 Å². The number of halogens is 2. The molecule has 0 aliphatic rings. The van der Waals surface area contributed by atoms with Crippen LogP contribution in [0.3, 0.4) is 0 Å². The van der Waals surface area contributed by atoms with E-state index >= 15 is 0 Å². The Balaban J connectivity index is 2.29. The molecule has 2 aromatic heterocycles. The first-order chi connectivity index (χ1) is 8.54. The Labute approximate surface area is 116 Å². The number of hydrogen-bond acceptors (Lipinski definition) is 3. The molecule has 0 aromatic carbocycles. The van der Waals surface area contributed by atoms with Crippen molar-refractivity contribution in [1.29, 1.82) is 0 Å². The number of likely N-dealkylation sites (N-methyl/N-ethyl adjacent to an activating group) is 1. The van der Waals surface area contributed by atoms with E-state index in [-0.39, 0.29) is 6.04 Å². The Kier molecular flexibility index (Phi) is 4.00. The van der Waals surface area contributed by atoms with Crippen LogP contribution in [-0.2, 0) is 13.5 Å². The van der Waals surface area contributed by atoms with Gasteiger partial charge in [0.1, 0.15) is 0 Å². The second-order valence-corrected chi connectivity index (χ2v) is 4.89. The monoisotopic (exact) mass is 287 g/mol. The summed E-state index contributed by atoms with van der Waals surface area (Å²) in [5.74, 6) is 0. The van der Waals surface area contributed by atoms with Crippen molar-refractivity contribution in [3.63, 3.8) is 0 Å². The Morgan fingerprint density at radius 1 is 1.50 bits per heavy atom. The molecule has 0 aliphatic carbocycles. The lowest BCUT2D eigenvalue weighted by atomic mass is 10.1. The Morgan fingerprint density at radius 3 is 2.67 bits per heavy atom. The molecule has 6 heteroatoms. The van der Waals surface area contributed by atoms with Gasteiger partial charge < -0.3 is 9.73 Å². The highest BCUT2D eigenvalue weighted by Gasteiger charge is 2.20. The van der Waals surface area contributed by atoms with Gasteiger partial charge in [-0.1, -0.05) is 11.6 Å². The van der Waals surface area contributed by atoms with Gasteiger partial charge in [0.05, 0.1) is 22.7 Å². The lowest BCUT2D eigenvalue weighted by molar-refractivity contribution is 0.534. The fourth-order valence-electron chi connectivity index (χ4n) is 2.02. The fraction of sp³-hybridized carbons (Fsp3) is 0.417. The molecule has 4 nitrogen and oxygen atoms in total. The zero-order valence-corrected chi connectivity index (χ0v) is 12.0. The molecule has 1 N–H and O–H groups in total.